The minimum Gasteiger partial charge on any atom is -0.472 e. The third-order valence-corrected chi connectivity index (χ3v) is 5.54. The van der Waals surface area contributed by atoms with Crippen LogP contribution >= 0.6 is 0 Å². The number of allylic oxidation sites excluding steroid dienone is 2. The summed E-state index contributed by atoms with van der Waals surface area (Å²) in [4.78, 5) is 0. The van der Waals surface area contributed by atoms with Crippen molar-refractivity contribution >= 4 is 0 Å². The Hall–Kier alpha value is -1.14. The van der Waals surface area contributed by atoms with E-state index in [9.17, 15) is 10.2 Å². The molecule has 140 valence electrons. The quantitative estimate of drug-likeness (QED) is 0.557. The standard InChI is InChI=1S/C20H30O5/c1-15(2)4-3-9-19(22,13-21)17-7-10-20(14-24-17)18(25-20)6-5-16-8-11-23-12-16/h4,8,11-12,17-18,21-22H,3,5-7,9-10,13-14H2,1-2H3. The first-order valence-corrected chi connectivity index (χ1v) is 9.24. The fraction of sp³-hybridized carbons (Fsp3) is 0.700. The van der Waals surface area contributed by atoms with E-state index in [4.69, 9.17) is 13.9 Å². The molecule has 1 aromatic heterocycles. The monoisotopic (exact) mass is 350 g/mol. The Balaban J connectivity index is 1.47. The number of aryl methyl sites for hydroxylation is 1. The van der Waals surface area contributed by atoms with E-state index >= 15 is 0 Å². The normalized spacial score (nSPS) is 30.9. The number of aliphatic hydroxyl groups excluding tert-OH is 1. The van der Waals surface area contributed by atoms with E-state index < -0.39 is 5.60 Å². The second-order valence-electron chi connectivity index (χ2n) is 7.76. The van der Waals surface area contributed by atoms with Crippen LogP contribution in [0.1, 0.15) is 51.5 Å². The number of rotatable bonds is 8. The van der Waals surface area contributed by atoms with Crippen molar-refractivity contribution < 1.29 is 24.1 Å². The summed E-state index contributed by atoms with van der Waals surface area (Å²) < 4.78 is 17.0. The molecular weight excluding hydrogens is 320 g/mol. The van der Waals surface area contributed by atoms with E-state index in [1.807, 2.05) is 19.9 Å². The van der Waals surface area contributed by atoms with Crippen molar-refractivity contribution in [3.05, 3.63) is 35.8 Å². The van der Waals surface area contributed by atoms with Crippen molar-refractivity contribution in [3.8, 4) is 0 Å². The van der Waals surface area contributed by atoms with Gasteiger partial charge in [-0.2, -0.15) is 0 Å². The van der Waals surface area contributed by atoms with Crippen molar-refractivity contribution in [2.24, 2.45) is 0 Å². The topological polar surface area (TPSA) is 75.4 Å². The number of furan rings is 1. The molecule has 2 saturated heterocycles. The van der Waals surface area contributed by atoms with E-state index in [-0.39, 0.29) is 24.4 Å². The summed E-state index contributed by atoms with van der Waals surface area (Å²) in [6.07, 6.45) is 10.2. The summed E-state index contributed by atoms with van der Waals surface area (Å²) in [5.41, 5.74) is 1.05. The third kappa shape index (κ3) is 4.34. The molecule has 2 N–H and O–H groups in total. The largest absolute Gasteiger partial charge is 0.472 e. The highest BCUT2D eigenvalue weighted by atomic mass is 16.6. The molecule has 0 bridgehead atoms. The molecule has 5 heteroatoms. The van der Waals surface area contributed by atoms with Crippen LogP contribution in [0.25, 0.3) is 0 Å². The Morgan fingerprint density at radius 1 is 1.44 bits per heavy atom. The Bertz CT molecular complexity index is 567. The highest BCUT2D eigenvalue weighted by molar-refractivity contribution is 5.11. The smallest absolute Gasteiger partial charge is 0.118 e. The van der Waals surface area contributed by atoms with Crippen LogP contribution in [0.2, 0.25) is 0 Å². The molecule has 0 aliphatic carbocycles. The molecule has 2 aliphatic heterocycles. The highest BCUT2D eigenvalue weighted by Gasteiger charge is 2.59. The third-order valence-electron chi connectivity index (χ3n) is 5.54. The van der Waals surface area contributed by atoms with Gasteiger partial charge in [0, 0.05) is 0 Å². The van der Waals surface area contributed by atoms with Gasteiger partial charge >= 0.3 is 0 Å². The second kappa shape index (κ2) is 7.62. The molecule has 1 spiro atoms. The SMILES string of the molecule is CC(C)=CCCC(O)(CO)C1CCC2(CO1)OC2CCc1ccoc1. The molecule has 4 atom stereocenters. The Morgan fingerprint density at radius 3 is 2.88 bits per heavy atom. The lowest BCUT2D eigenvalue weighted by atomic mass is 9.83. The number of hydrogen-bond donors (Lipinski definition) is 2. The summed E-state index contributed by atoms with van der Waals surface area (Å²) >= 11 is 0. The van der Waals surface area contributed by atoms with Crippen LogP contribution in [0.15, 0.2) is 34.7 Å². The van der Waals surface area contributed by atoms with Gasteiger partial charge in [0.2, 0.25) is 0 Å². The number of aliphatic hydroxyl groups is 2. The molecule has 25 heavy (non-hydrogen) atoms. The van der Waals surface area contributed by atoms with Gasteiger partial charge in [0.05, 0.1) is 37.9 Å². The molecule has 3 heterocycles. The van der Waals surface area contributed by atoms with Crippen LogP contribution in [0.5, 0.6) is 0 Å². The van der Waals surface area contributed by atoms with Crippen molar-refractivity contribution in [2.75, 3.05) is 13.2 Å². The summed E-state index contributed by atoms with van der Waals surface area (Å²) in [6, 6.07) is 1.98. The lowest BCUT2D eigenvalue weighted by Gasteiger charge is -2.38. The van der Waals surface area contributed by atoms with Gasteiger partial charge in [0.1, 0.15) is 11.2 Å². The molecular formula is C20H30O5. The summed E-state index contributed by atoms with van der Waals surface area (Å²) in [5, 5.41) is 20.5. The van der Waals surface area contributed by atoms with Crippen molar-refractivity contribution in [1.82, 2.24) is 0 Å². The number of epoxide rings is 1. The highest BCUT2D eigenvalue weighted by Crippen LogP contribution is 2.48. The van der Waals surface area contributed by atoms with Gasteiger partial charge in [0.25, 0.3) is 0 Å². The summed E-state index contributed by atoms with van der Waals surface area (Å²) in [6.45, 7) is 4.30. The molecule has 2 fully saturated rings. The Kier molecular flexibility index (Phi) is 5.68. The fourth-order valence-corrected chi connectivity index (χ4v) is 3.80. The average molecular weight is 350 g/mol. The zero-order valence-electron chi connectivity index (χ0n) is 15.2. The Labute approximate surface area is 149 Å². The predicted molar refractivity (Wildman–Crippen MR) is 94.3 cm³/mol. The number of ether oxygens (including phenoxy) is 2. The van der Waals surface area contributed by atoms with E-state index in [2.05, 4.69) is 6.08 Å². The second-order valence-corrected chi connectivity index (χ2v) is 7.76. The van der Waals surface area contributed by atoms with Gasteiger partial charge in [0.15, 0.2) is 0 Å². The molecule has 0 aromatic carbocycles. The average Bonchev–Trinajstić information content (AvgIpc) is 3.02. The maximum Gasteiger partial charge on any atom is 0.118 e. The predicted octanol–water partition coefficient (Wildman–Crippen LogP) is 3.00. The van der Waals surface area contributed by atoms with Gasteiger partial charge in [-0.25, -0.2) is 0 Å². The van der Waals surface area contributed by atoms with E-state index in [0.717, 1.165) is 25.7 Å². The Morgan fingerprint density at radius 2 is 2.28 bits per heavy atom. The van der Waals surface area contributed by atoms with Crippen molar-refractivity contribution in [1.29, 1.82) is 0 Å². The summed E-state index contributed by atoms with van der Waals surface area (Å²) in [5.74, 6) is 0. The summed E-state index contributed by atoms with van der Waals surface area (Å²) in [7, 11) is 0. The zero-order valence-corrected chi connectivity index (χ0v) is 15.2. The molecule has 1 aromatic rings. The van der Waals surface area contributed by atoms with Crippen molar-refractivity contribution in [3.63, 3.8) is 0 Å². The van der Waals surface area contributed by atoms with Crippen LogP contribution in [-0.2, 0) is 15.9 Å². The lowest BCUT2D eigenvalue weighted by molar-refractivity contribution is -0.162. The molecule has 3 rings (SSSR count). The van der Waals surface area contributed by atoms with Gasteiger partial charge in [-0.3, -0.25) is 0 Å². The molecule has 0 radical (unpaired) electrons. The van der Waals surface area contributed by atoms with Gasteiger partial charge < -0.3 is 24.1 Å². The van der Waals surface area contributed by atoms with Gasteiger partial charge in [-0.1, -0.05) is 11.6 Å². The van der Waals surface area contributed by atoms with E-state index in [0.29, 0.717) is 19.4 Å². The van der Waals surface area contributed by atoms with Crippen LogP contribution in [0, 0.1) is 0 Å². The molecule has 4 unspecified atom stereocenters. The molecule has 0 amide bonds. The van der Waals surface area contributed by atoms with Crippen LogP contribution in [0.3, 0.4) is 0 Å². The maximum atomic E-state index is 10.8. The van der Waals surface area contributed by atoms with Crippen LogP contribution in [-0.4, -0.2) is 46.8 Å². The minimum atomic E-state index is -1.17. The van der Waals surface area contributed by atoms with E-state index in [1.165, 1.54) is 11.1 Å². The van der Waals surface area contributed by atoms with Gasteiger partial charge in [-0.05, 0) is 64.0 Å². The fourth-order valence-electron chi connectivity index (χ4n) is 3.80. The molecule has 0 saturated carbocycles. The maximum absolute atomic E-state index is 10.8. The minimum absolute atomic E-state index is 0.184. The first-order chi connectivity index (χ1) is 12.0. The van der Waals surface area contributed by atoms with Crippen LogP contribution in [0.4, 0.5) is 0 Å². The molecule has 2 aliphatic rings. The lowest BCUT2D eigenvalue weighted by Crippen LogP contribution is -2.51. The molecule has 5 nitrogen and oxygen atoms in total. The van der Waals surface area contributed by atoms with Gasteiger partial charge in [-0.15, -0.1) is 0 Å². The zero-order chi connectivity index (χ0) is 17.9. The van der Waals surface area contributed by atoms with Crippen LogP contribution < -0.4 is 0 Å². The van der Waals surface area contributed by atoms with E-state index in [1.54, 1.807) is 12.5 Å². The van der Waals surface area contributed by atoms with Crippen molar-refractivity contribution in [2.45, 2.75) is 75.8 Å². The first-order valence-electron chi connectivity index (χ1n) is 9.24. The first kappa shape index (κ1) is 18.6. The number of hydrogen-bond acceptors (Lipinski definition) is 5.